The first-order valence-corrected chi connectivity index (χ1v) is 9.87. The molecule has 0 radical (unpaired) electrons. The van der Waals surface area contributed by atoms with Crippen molar-refractivity contribution in [1.82, 2.24) is 10.6 Å². The predicted octanol–water partition coefficient (Wildman–Crippen LogP) is 4.13. The number of hydrogen-bond acceptors (Lipinski definition) is 4. The maximum absolute atomic E-state index is 12.3. The van der Waals surface area contributed by atoms with Crippen molar-refractivity contribution in [3.8, 4) is 11.5 Å². The van der Waals surface area contributed by atoms with Crippen molar-refractivity contribution < 1.29 is 27.4 Å². The van der Waals surface area contributed by atoms with Crippen molar-refractivity contribution in [3.05, 3.63) is 23.8 Å². The van der Waals surface area contributed by atoms with Crippen LogP contribution in [0.25, 0.3) is 0 Å². The van der Waals surface area contributed by atoms with Crippen molar-refractivity contribution >= 4 is 29.9 Å². The molecule has 30 heavy (non-hydrogen) atoms. The number of halogens is 4. The van der Waals surface area contributed by atoms with Crippen LogP contribution in [0.15, 0.2) is 23.2 Å². The number of ether oxygens (including phenoxy) is 3. The van der Waals surface area contributed by atoms with Gasteiger partial charge in [0.25, 0.3) is 0 Å². The van der Waals surface area contributed by atoms with Gasteiger partial charge in [-0.15, -0.1) is 24.0 Å². The summed E-state index contributed by atoms with van der Waals surface area (Å²) >= 11 is 0. The van der Waals surface area contributed by atoms with Crippen LogP contribution in [0.1, 0.15) is 31.7 Å². The van der Waals surface area contributed by atoms with E-state index in [4.69, 9.17) is 14.2 Å². The van der Waals surface area contributed by atoms with E-state index in [2.05, 4.69) is 15.6 Å². The lowest BCUT2D eigenvalue weighted by molar-refractivity contribution is -0.153. The Bertz CT molecular complexity index is 656. The van der Waals surface area contributed by atoms with E-state index in [1.807, 2.05) is 6.92 Å². The Hall–Kier alpha value is -1.43. The first-order valence-electron chi connectivity index (χ1n) is 9.87. The fourth-order valence-electron chi connectivity index (χ4n) is 2.52. The molecule has 0 aliphatic heterocycles. The van der Waals surface area contributed by atoms with Crippen LogP contribution in [-0.4, -0.2) is 52.2 Å². The molecular weight excluding hydrogens is 514 g/mol. The molecule has 2 rings (SSSR count). The Morgan fingerprint density at radius 2 is 1.97 bits per heavy atom. The molecule has 1 fully saturated rings. The van der Waals surface area contributed by atoms with E-state index in [0.717, 1.165) is 44.2 Å². The summed E-state index contributed by atoms with van der Waals surface area (Å²) in [6.45, 7) is 4.01. The highest BCUT2D eigenvalue weighted by Gasteiger charge is 2.29. The maximum Gasteiger partial charge on any atom is 0.422 e. The minimum Gasteiger partial charge on any atom is -0.493 e. The fraction of sp³-hybridized carbons (Fsp3) is 0.650. The molecule has 0 unspecified atom stereocenters. The van der Waals surface area contributed by atoms with E-state index in [-0.39, 0.29) is 35.5 Å². The van der Waals surface area contributed by atoms with E-state index in [1.54, 1.807) is 12.1 Å². The van der Waals surface area contributed by atoms with Crippen molar-refractivity contribution in [2.75, 3.05) is 40.0 Å². The Balaban J connectivity index is 0.00000450. The molecule has 172 valence electrons. The van der Waals surface area contributed by atoms with E-state index in [0.29, 0.717) is 12.5 Å². The van der Waals surface area contributed by atoms with Crippen LogP contribution in [-0.2, 0) is 11.3 Å². The lowest BCUT2D eigenvalue weighted by Gasteiger charge is -2.14. The number of hydrogen-bond donors (Lipinski definition) is 2. The van der Waals surface area contributed by atoms with Crippen LogP contribution < -0.4 is 20.1 Å². The molecule has 1 aliphatic carbocycles. The van der Waals surface area contributed by atoms with Gasteiger partial charge in [0.1, 0.15) is 0 Å². The van der Waals surface area contributed by atoms with Crippen molar-refractivity contribution in [1.29, 1.82) is 0 Å². The van der Waals surface area contributed by atoms with E-state index >= 15 is 0 Å². The van der Waals surface area contributed by atoms with Gasteiger partial charge in [0, 0.05) is 26.3 Å². The highest BCUT2D eigenvalue weighted by molar-refractivity contribution is 14.0. The van der Waals surface area contributed by atoms with Crippen molar-refractivity contribution in [2.24, 2.45) is 10.9 Å². The summed E-state index contributed by atoms with van der Waals surface area (Å²) in [6.07, 6.45) is -0.940. The second-order valence-corrected chi connectivity index (χ2v) is 6.88. The van der Waals surface area contributed by atoms with Crippen LogP contribution in [0.2, 0.25) is 0 Å². The summed E-state index contributed by atoms with van der Waals surface area (Å²) in [5.74, 6) is 1.73. The summed E-state index contributed by atoms with van der Waals surface area (Å²) < 4.78 is 52.6. The second kappa shape index (κ2) is 13.8. The molecule has 1 aromatic rings. The number of aliphatic imine (C=N–C) groups is 1. The normalized spacial score (nSPS) is 14.1. The molecule has 1 aliphatic rings. The van der Waals surface area contributed by atoms with Gasteiger partial charge in [-0.25, -0.2) is 4.99 Å². The Kier molecular flexibility index (Phi) is 12.2. The molecule has 10 heteroatoms. The average molecular weight is 545 g/mol. The van der Waals surface area contributed by atoms with E-state index in [1.165, 1.54) is 26.0 Å². The Morgan fingerprint density at radius 3 is 2.60 bits per heavy atom. The minimum absolute atomic E-state index is 0. The smallest absolute Gasteiger partial charge is 0.422 e. The molecule has 6 nitrogen and oxygen atoms in total. The monoisotopic (exact) mass is 545 g/mol. The zero-order chi connectivity index (χ0) is 21.1. The van der Waals surface area contributed by atoms with Gasteiger partial charge >= 0.3 is 6.18 Å². The second-order valence-electron chi connectivity index (χ2n) is 6.88. The molecule has 0 spiro atoms. The summed E-state index contributed by atoms with van der Waals surface area (Å²) in [5.41, 5.74) is 0.797. The number of benzene rings is 1. The van der Waals surface area contributed by atoms with Crippen LogP contribution in [0.5, 0.6) is 11.5 Å². The lowest BCUT2D eigenvalue weighted by Crippen LogP contribution is -2.38. The lowest BCUT2D eigenvalue weighted by atomic mass is 10.2. The third-order valence-electron chi connectivity index (χ3n) is 4.19. The van der Waals surface area contributed by atoms with Crippen LogP contribution >= 0.6 is 24.0 Å². The van der Waals surface area contributed by atoms with E-state index in [9.17, 15) is 13.2 Å². The van der Waals surface area contributed by atoms with Gasteiger partial charge in [-0.2, -0.15) is 13.2 Å². The van der Waals surface area contributed by atoms with Gasteiger partial charge < -0.3 is 24.8 Å². The SMILES string of the molecule is CCNC(=NCc1ccc(OCC(F)(F)F)c(OC)c1)NCCCOCC1CC1.I. The fourth-order valence-corrected chi connectivity index (χ4v) is 2.52. The quantitative estimate of drug-likeness (QED) is 0.179. The van der Waals surface area contributed by atoms with Crippen LogP contribution in [0.3, 0.4) is 0 Å². The van der Waals surface area contributed by atoms with Gasteiger partial charge in [0.15, 0.2) is 24.1 Å². The molecular formula is C20H31F3IN3O3. The molecule has 0 bridgehead atoms. The van der Waals surface area contributed by atoms with Crippen molar-refractivity contribution in [2.45, 2.75) is 38.9 Å². The summed E-state index contributed by atoms with van der Waals surface area (Å²) in [6, 6.07) is 4.77. The summed E-state index contributed by atoms with van der Waals surface area (Å²) in [5, 5.41) is 6.42. The molecule has 0 aromatic heterocycles. The van der Waals surface area contributed by atoms with Gasteiger partial charge in [-0.1, -0.05) is 6.07 Å². The zero-order valence-electron chi connectivity index (χ0n) is 17.4. The number of nitrogens with one attached hydrogen (secondary N) is 2. The number of rotatable bonds is 12. The minimum atomic E-state index is -4.40. The molecule has 2 N–H and O–H groups in total. The molecule has 1 saturated carbocycles. The number of alkyl halides is 3. The highest BCUT2D eigenvalue weighted by Crippen LogP contribution is 2.30. The van der Waals surface area contributed by atoms with Gasteiger partial charge in [-0.05, 0) is 49.8 Å². The third kappa shape index (κ3) is 11.1. The Labute approximate surface area is 193 Å². The van der Waals surface area contributed by atoms with E-state index < -0.39 is 12.8 Å². The Morgan fingerprint density at radius 1 is 1.20 bits per heavy atom. The largest absolute Gasteiger partial charge is 0.493 e. The summed E-state index contributed by atoms with van der Waals surface area (Å²) in [7, 11) is 1.39. The molecule has 0 saturated heterocycles. The van der Waals surface area contributed by atoms with Crippen LogP contribution in [0.4, 0.5) is 13.2 Å². The first kappa shape index (κ1) is 26.6. The molecule has 1 aromatic carbocycles. The topological polar surface area (TPSA) is 64.1 Å². The number of methoxy groups -OCH3 is 1. The average Bonchev–Trinajstić information content (AvgIpc) is 3.51. The molecule has 0 atom stereocenters. The highest BCUT2D eigenvalue weighted by atomic mass is 127. The van der Waals surface area contributed by atoms with Crippen LogP contribution in [0, 0.1) is 5.92 Å². The molecule has 0 heterocycles. The first-order chi connectivity index (χ1) is 13.9. The number of guanidine groups is 1. The summed E-state index contributed by atoms with van der Waals surface area (Å²) in [4.78, 5) is 4.51. The predicted molar refractivity (Wildman–Crippen MR) is 121 cm³/mol. The molecule has 0 amide bonds. The maximum atomic E-state index is 12.3. The number of nitrogens with zero attached hydrogens (tertiary/aromatic N) is 1. The van der Waals surface area contributed by atoms with Gasteiger partial charge in [0.05, 0.1) is 13.7 Å². The standard InChI is InChI=1S/C20H30F3N3O3.HI/c1-3-24-19(25-9-4-10-28-13-15-5-6-15)26-12-16-7-8-17(18(11-16)27-2)29-14-20(21,22)23;/h7-8,11,15H,3-6,9-10,12-14H2,1-2H3,(H2,24,25,26);1H. The third-order valence-corrected chi connectivity index (χ3v) is 4.19. The van der Waals surface area contributed by atoms with Crippen molar-refractivity contribution in [3.63, 3.8) is 0 Å². The zero-order valence-corrected chi connectivity index (χ0v) is 19.7. The van der Waals surface area contributed by atoms with Gasteiger partial charge in [0.2, 0.25) is 0 Å². The van der Waals surface area contributed by atoms with Gasteiger partial charge in [-0.3, -0.25) is 0 Å².